The summed E-state index contributed by atoms with van der Waals surface area (Å²) in [5.41, 5.74) is 11.9. The first-order chi connectivity index (χ1) is 32.2. The van der Waals surface area contributed by atoms with Crippen LogP contribution in [0.5, 0.6) is 0 Å². The fourth-order valence-electron chi connectivity index (χ4n) is 8.16. The van der Waals surface area contributed by atoms with E-state index in [4.69, 9.17) is 16.5 Å². The van der Waals surface area contributed by atoms with Gasteiger partial charge in [-0.05, 0) is 60.8 Å². The maximum atomic E-state index is 15.1. The van der Waals surface area contributed by atoms with Crippen LogP contribution in [0, 0.1) is 28.9 Å². The van der Waals surface area contributed by atoms with Crippen molar-refractivity contribution >= 4 is 41.2 Å². The summed E-state index contributed by atoms with van der Waals surface area (Å²) in [6.45, 7) is 8.31. The third-order valence-electron chi connectivity index (χ3n) is 11.7. The molecule has 370 valence electrons. The minimum atomic E-state index is -1.21. The number of carbonyl (C=O) groups is 7. The number of Topliss-reactive ketones (excluding diaryl/α,β-unsaturated/α-hetero) is 2. The lowest BCUT2D eigenvalue weighted by molar-refractivity contribution is -0.137. The molecule has 1 unspecified atom stereocenters. The van der Waals surface area contributed by atoms with E-state index in [1.807, 2.05) is 51.1 Å². The minimum absolute atomic E-state index is 0.0682. The number of urea groups is 1. The Balaban J connectivity index is 1.45. The largest absolute Gasteiger partial charge is 0.352 e. The highest BCUT2D eigenvalue weighted by Crippen LogP contribution is 2.40. The van der Waals surface area contributed by atoms with Crippen LogP contribution in [-0.4, -0.2) is 106 Å². The topological polar surface area (TPSA) is 232 Å². The van der Waals surface area contributed by atoms with Crippen molar-refractivity contribution in [2.75, 3.05) is 32.9 Å². The van der Waals surface area contributed by atoms with Gasteiger partial charge in [-0.25, -0.2) is 22.9 Å². The number of hydrogen-bond acceptors (Lipinski definition) is 10. The molecule has 0 radical (unpaired) electrons. The standard InChI is InChI=1S/C49H66F3N9O7/c1-31(2)44(58-41(64)16-10-7-11-23-61-42(65)19-20-43(61)66)39(63)25-33(15-12-22-55-48(54)68)47(67)56-28-35(62)21-24-60(40(53)27-50)45(49(3,4)5)46-57-38(36-26-34(51)17-18-37(36)52)30-59(46)29-32-13-8-6-9-14-32/h6,8-9,13-14,17-20,26,30-31,33,40,44-45H,7,10-12,15-16,21-25,27-29,53H2,1-5H3,(H,56,67)(H,58,64)(H3,54,55,68)/t33?,40-,44-,45-/m0/s1. The van der Waals surface area contributed by atoms with Crippen LogP contribution in [0.2, 0.25) is 0 Å². The monoisotopic (exact) mass is 950 g/mol. The molecule has 4 rings (SSSR count). The van der Waals surface area contributed by atoms with Gasteiger partial charge in [0, 0.05) is 75.3 Å². The zero-order valence-electron chi connectivity index (χ0n) is 39.6. The van der Waals surface area contributed by atoms with E-state index in [1.54, 1.807) is 29.5 Å². The molecule has 1 aliphatic rings. The van der Waals surface area contributed by atoms with Crippen molar-refractivity contribution < 1.29 is 46.7 Å². The van der Waals surface area contributed by atoms with Crippen LogP contribution in [-0.2, 0) is 35.3 Å². The maximum Gasteiger partial charge on any atom is 0.312 e. The Bertz CT molecular complexity index is 2250. The van der Waals surface area contributed by atoms with Gasteiger partial charge in [-0.15, -0.1) is 0 Å². The summed E-state index contributed by atoms with van der Waals surface area (Å²) < 4.78 is 46.0. The van der Waals surface area contributed by atoms with E-state index in [0.29, 0.717) is 25.1 Å². The maximum absolute atomic E-state index is 15.1. The number of aromatic nitrogens is 2. The van der Waals surface area contributed by atoms with Gasteiger partial charge < -0.3 is 32.0 Å². The molecule has 4 atom stereocenters. The lowest BCUT2D eigenvalue weighted by Gasteiger charge is -2.42. The van der Waals surface area contributed by atoms with Gasteiger partial charge in [0.05, 0.1) is 30.5 Å². The minimum Gasteiger partial charge on any atom is -0.352 e. The van der Waals surface area contributed by atoms with Gasteiger partial charge in [-0.3, -0.25) is 38.6 Å². The number of halogens is 3. The average molecular weight is 950 g/mol. The zero-order valence-corrected chi connectivity index (χ0v) is 39.6. The molecule has 0 saturated heterocycles. The highest BCUT2D eigenvalue weighted by atomic mass is 19.1. The van der Waals surface area contributed by atoms with E-state index in [-0.39, 0.29) is 93.2 Å². The molecule has 2 aromatic carbocycles. The molecule has 0 fully saturated rings. The molecule has 2 heterocycles. The first kappa shape index (κ1) is 54.4. The highest BCUT2D eigenvalue weighted by Gasteiger charge is 2.39. The predicted molar refractivity (Wildman–Crippen MR) is 250 cm³/mol. The average Bonchev–Trinajstić information content (AvgIpc) is 3.84. The quantitative estimate of drug-likeness (QED) is 0.0361. The van der Waals surface area contributed by atoms with Gasteiger partial charge in [-0.1, -0.05) is 71.4 Å². The number of rotatable bonds is 28. The van der Waals surface area contributed by atoms with E-state index >= 15 is 4.39 Å². The summed E-state index contributed by atoms with van der Waals surface area (Å²) in [5.74, 6) is -4.81. The second-order valence-electron chi connectivity index (χ2n) is 18.5. The molecule has 3 aromatic rings. The number of amides is 6. The summed E-state index contributed by atoms with van der Waals surface area (Å²) in [6.07, 6.45) is 4.35. The number of carbonyl (C=O) groups excluding carboxylic acids is 7. The summed E-state index contributed by atoms with van der Waals surface area (Å²) in [6, 6.07) is 9.99. The second-order valence-corrected chi connectivity index (χ2v) is 18.5. The van der Waals surface area contributed by atoms with Gasteiger partial charge >= 0.3 is 6.03 Å². The zero-order chi connectivity index (χ0) is 50.1. The number of nitrogens with one attached hydrogen (secondary N) is 3. The number of hydrogen-bond donors (Lipinski definition) is 5. The van der Waals surface area contributed by atoms with E-state index in [9.17, 15) is 42.3 Å². The fraction of sp³-hybridized carbons (Fsp3) is 0.510. The Morgan fingerprint density at radius 3 is 2.22 bits per heavy atom. The van der Waals surface area contributed by atoms with Gasteiger partial charge in [0.1, 0.15) is 24.1 Å². The Morgan fingerprint density at radius 1 is 0.897 bits per heavy atom. The summed E-state index contributed by atoms with van der Waals surface area (Å²) >= 11 is 0. The molecule has 1 aromatic heterocycles. The Labute approximate surface area is 395 Å². The van der Waals surface area contributed by atoms with Gasteiger partial charge in [0.15, 0.2) is 11.6 Å². The lowest BCUT2D eigenvalue weighted by Crippen LogP contribution is -2.51. The van der Waals surface area contributed by atoms with Crippen molar-refractivity contribution in [2.24, 2.45) is 28.7 Å². The second kappa shape index (κ2) is 25.8. The van der Waals surface area contributed by atoms with Crippen molar-refractivity contribution in [3.05, 3.63) is 89.9 Å². The molecular formula is C49H66F3N9O7. The van der Waals surface area contributed by atoms with E-state index in [1.165, 1.54) is 12.2 Å². The van der Waals surface area contributed by atoms with Crippen LogP contribution >= 0.6 is 0 Å². The Hall–Kier alpha value is -6.21. The molecule has 0 spiro atoms. The molecule has 0 saturated carbocycles. The van der Waals surface area contributed by atoms with Crippen molar-refractivity contribution in [1.82, 2.24) is 35.3 Å². The molecule has 1 aliphatic heterocycles. The number of nitrogens with two attached hydrogens (primary N) is 2. The van der Waals surface area contributed by atoms with Gasteiger partial charge in [-0.2, -0.15) is 0 Å². The number of unbranched alkanes of at least 4 members (excludes halogenated alkanes) is 2. The number of alkyl halides is 1. The summed E-state index contributed by atoms with van der Waals surface area (Å²) in [5, 5.41) is 7.88. The molecular weight excluding hydrogens is 884 g/mol. The van der Waals surface area contributed by atoms with Crippen molar-refractivity contribution in [1.29, 1.82) is 0 Å². The third kappa shape index (κ3) is 16.2. The molecule has 7 N–H and O–H groups in total. The van der Waals surface area contributed by atoms with Crippen LogP contribution in [0.3, 0.4) is 0 Å². The molecule has 0 bridgehead atoms. The van der Waals surface area contributed by atoms with Gasteiger partial charge in [0.2, 0.25) is 11.8 Å². The SMILES string of the molecule is CC(C)[C@H](NC(=O)CCCCCN1C(=O)C=CC1=O)C(=O)CC(CCCNC(N)=O)C(=O)NCC(=O)CCN([C@H](N)CF)[C@@H](c1nc(-c2cc(F)ccc2F)cn1Cc1ccccc1)C(C)(C)C. The first-order valence-corrected chi connectivity index (χ1v) is 23.0. The van der Waals surface area contributed by atoms with Crippen molar-refractivity contribution in [3.8, 4) is 11.3 Å². The molecule has 6 amide bonds. The predicted octanol–water partition coefficient (Wildman–Crippen LogP) is 5.25. The number of primary amides is 1. The highest BCUT2D eigenvalue weighted by molar-refractivity contribution is 6.12. The number of ketones is 2. The lowest BCUT2D eigenvalue weighted by atomic mass is 9.84. The molecule has 68 heavy (non-hydrogen) atoms. The Morgan fingerprint density at radius 2 is 1.59 bits per heavy atom. The third-order valence-corrected chi connectivity index (χ3v) is 11.7. The van der Waals surface area contributed by atoms with E-state index < -0.39 is 77.9 Å². The molecule has 0 aliphatic carbocycles. The number of benzene rings is 2. The number of nitrogens with zero attached hydrogens (tertiary/aromatic N) is 4. The van der Waals surface area contributed by atoms with Gasteiger partial charge in [0.25, 0.3) is 11.8 Å². The van der Waals surface area contributed by atoms with Crippen LogP contribution < -0.4 is 27.4 Å². The smallest absolute Gasteiger partial charge is 0.312 e. The number of imide groups is 1. The number of imidazole rings is 1. The van der Waals surface area contributed by atoms with Crippen LogP contribution in [0.15, 0.2) is 66.9 Å². The normalized spacial score (nSPS) is 14.5. The van der Waals surface area contributed by atoms with Crippen molar-refractivity contribution in [3.63, 3.8) is 0 Å². The Kier molecular flexibility index (Phi) is 20.6. The fourth-order valence-corrected chi connectivity index (χ4v) is 8.16. The van der Waals surface area contributed by atoms with Crippen LogP contribution in [0.1, 0.15) is 103 Å². The summed E-state index contributed by atoms with van der Waals surface area (Å²) in [7, 11) is 0. The van der Waals surface area contributed by atoms with Crippen LogP contribution in [0.4, 0.5) is 18.0 Å². The van der Waals surface area contributed by atoms with Crippen LogP contribution in [0.25, 0.3) is 11.3 Å². The summed E-state index contributed by atoms with van der Waals surface area (Å²) in [4.78, 5) is 96.5. The van der Waals surface area contributed by atoms with E-state index in [2.05, 4.69) is 16.0 Å². The molecule has 19 heteroatoms. The molecule has 16 nitrogen and oxygen atoms in total. The first-order valence-electron chi connectivity index (χ1n) is 23.0. The van der Waals surface area contributed by atoms with Crippen molar-refractivity contribution in [2.45, 2.75) is 111 Å². The van der Waals surface area contributed by atoms with E-state index in [0.717, 1.165) is 28.7 Å².